The summed E-state index contributed by atoms with van der Waals surface area (Å²) in [6.45, 7) is 3.49. The van der Waals surface area contributed by atoms with Gasteiger partial charge in [0.1, 0.15) is 17.0 Å². The third-order valence-electron chi connectivity index (χ3n) is 5.88. The summed E-state index contributed by atoms with van der Waals surface area (Å²) in [6.07, 6.45) is -2.59. The van der Waals surface area contributed by atoms with Gasteiger partial charge in [-0.15, -0.1) is 10.2 Å². The fourth-order valence-corrected chi connectivity index (χ4v) is 4.08. The SMILES string of the molecule is C[C@@H](NC1=c2cc(N3CCNC(CC#N)C3)nnc2=C([O-])N(C)N1)c1cccc(C(F)F)c1F. The molecule has 1 aromatic carbocycles. The lowest BCUT2D eigenvalue weighted by molar-refractivity contribution is -0.274. The molecule has 1 aromatic heterocycles. The van der Waals surface area contributed by atoms with Crippen LogP contribution in [0.25, 0.3) is 11.7 Å². The van der Waals surface area contributed by atoms with E-state index in [-0.39, 0.29) is 17.0 Å². The zero-order valence-electron chi connectivity index (χ0n) is 18.6. The second-order valence-corrected chi connectivity index (χ2v) is 8.19. The Kier molecular flexibility index (Phi) is 6.65. The van der Waals surface area contributed by atoms with Gasteiger partial charge in [0.15, 0.2) is 5.82 Å². The number of rotatable bonds is 6. The van der Waals surface area contributed by atoms with E-state index in [1.165, 1.54) is 24.2 Å². The van der Waals surface area contributed by atoms with Crippen LogP contribution in [0.4, 0.5) is 19.0 Å². The lowest BCUT2D eigenvalue weighted by Gasteiger charge is -2.35. The van der Waals surface area contributed by atoms with Gasteiger partial charge in [0.05, 0.1) is 24.1 Å². The highest BCUT2D eigenvalue weighted by molar-refractivity contribution is 5.51. The Morgan fingerprint density at radius 1 is 1.32 bits per heavy atom. The average molecular weight is 473 g/mol. The Bertz CT molecular complexity index is 1230. The molecule has 0 bridgehead atoms. The second-order valence-electron chi connectivity index (χ2n) is 8.19. The average Bonchev–Trinajstić information content (AvgIpc) is 2.82. The number of alkyl halides is 2. The number of nitrogens with zero attached hydrogens (tertiary/aromatic N) is 5. The summed E-state index contributed by atoms with van der Waals surface area (Å²) >= 11 is 0. The maximum Gasteiger partial charge on any atom is 0.266 e. The molecule has 0 radical (unpaired) electrons. The minimum Gasteiger partial charge on any atom is -0.857 e. The van der Waals surface area contributed by atoms with Crippen molar-refractivity contribution in [2.45, 2.75) is 31.9 Å². The largest absolute Gasteiger partial charge is 0.857 e. The van der Waals surface area contributed by atoms with Crippen molar-refractivity contribution in [2.75, 3.05) is 31.6 Å². The molecule has 34 heavy (non-hydrogen) atoms. The monoisotopic (exact) mass is 473 g/mol. The number of fused-ring (bicyclic) bond motifs is 1. The predicted octanol–water partition coefficient (Wildman–Crippen LogP) is -0.462. The highest BCUT2D eigenvalue weighted by atomic mass is 19.3. The van der Waals surface area contributed by atoms with Crippen molar-refractivity contribution in [1.29, 1.82) is 5.26 Å². The van der Waals surface area contributed by atoms with Crippen molar-refractivity contribution in [3.63, 3.8) is 0 Å². The molecule has 9 nitrogen and oxygen atoms in total. The zero-order chi connectivity index (χ0) is 24.4. The predicted molar refractivity (Wildman–Crippen MR) is 116 cm³/mol. The number of halogens is 3. The summed E-state index contributed by atoms with van der Waals surface area (Å²) in [5.74, 6) is -0.483. The summed E-state index contributed by atoms with van der Waals surface area (Å²) in [7, 11) is 1.51. The fourth-order valence-electron chi connectivity index (χ4n) is 4.08. The number of aromatic nitrogens is 2. The molecule has 4 rings (SSSR count). The first-order valence-corrected chi connectivity index (χ1v) is 10.8. The maximum atomic E-state index is 14.7. The van der Waals surface area contributed by atoms with E-state index in [1.807, 2.05) is 4.90 Å². The molecule has 1 unspecified atom stereocenters. The van der Waals surface area contributed by atoms with E-state index in [1.54, 1.807) is 13.0 Å². The minimum atomic E-state index is -2.93. The molecule has 3 N–H and O–H groups in total. The molecule has 1 fully saturated rings. The molecule has 1 saturated heterocycles. The van der Waals surface area contributed by atoms with Crippen LogP contribution in [0.1, 0.15) is 36.9 Å². The Balaban J connectivity index is 1.72. The highest BCUT2D eigenvalue weighted by Crippen LogP contribution is 2.27. The highest BCUT2D eigenvalue weighted by Gasteiger charge is 2.23. The summed E-state index contributed by atoms with van der Waals surface area (Å²) in [5.41, 5.74) is 2.32. The van der Waals surface area contributed by atoms with Crippen molar-refractivity contribution < 1.29 is 18.3 Å². The third kappa shape index (κ3) is 4.51. The number of hydrogen-bond donors (Lipinski definition) is 3. The first kappa shape index (κ1) is 23.4. The fraction of sp³-hybridized carbons (Fsp3) is 0.409. The van der Waals surface area contributed by atoms with Crippen LogP contribution >= 0.6 is 0 Å². The molecule has 12 heteroatoms. The zero-order valence-corrected chi connectivity index (χ0v) is 18.6. The van der Waals surface area contributed by atoms with Gasteiger partial charge in [-0.25, -0.2) is 13.2 Å². The van der Waals surface area contributed by atoms with Crippen molar-refractivity contribution >= 4 is 17.5 Å². The number of hydrogen-bond acceptors (Lipinski definition) is 9. The summed E-state index contributed by atoms with van der Waals surface area (Å²) < 4.78 is 41.0. The Hall–Kier alpha value is -3.72. The van der Waals surface area contributed by atoms with Crippen molar-refractivity contribution in [1.82, 2.24) is 31.3 Å². The van der Waals surface area contributed by atoms with Gasteiger partial charge in [0.2, 0.25) is 0 Å². The first-order valence-electron chi connectivity index (χ1n) is 10.8. The Labute approximate surface area is 194 Å². The molecule has 2 atom stereocenters. The van der Waals surface area contributed by atoms with E-state index in [2.05, 4.69) is 32.3 Å². The lowest BCUT2D eigenvalue weighted by Crippen LogP contribution is -2.56. The summed E-state index contributed by atoms with van der Waals surface area (Å²) in [4.78, 5) is 1.97. The molecule has 180 valence electrons. The number of nitrogens with one attached hydrogen (secondary N) is 3. The van der Waals surface area contributed by atoms with E-state index in [0.29, 0.717) is 42.9 Å². The normalized spacial score (nSPS) is 18.9. The topological polar surface area (TPSA) is 115 Å². The van der Waals surface area contributed by atoms with Crippen molar-refractivity contribution in [3.05, 3.63) is 51.8 Å². The van der Waals surface area contributed by atoms with Crippen LogP contribution in [0.5, 0.6) is 0 Å². The number of benzene rings is 1. The van der Waals surface area contributed by atoms with E-state index in [0.717, 1.165) is 6.07 Å². The van der Waals surface area contributed by atoms with Gasteiger partial charge in [-0.2, -0.15) is 5.26 Å². The van der Waals surface area contributed by atoms with E-state index < -0.39 is 29.7 Å². The van der Waals surface area contributed by atoms with E-state index in [9.17, 15) is 18.3 Å². The molecule has 2 aliphatic rings. The molecule has 0 amide bonds. The maximum absolute atomic E-state index is 14.7. The van der Waals surface area contributed by atoms with Gasteiger partial charge in [-0.3, -0.25) is 5.43 Å². The van der Waals surface area contributed by atoms with E-state index >= 15 is 0 Å². The van der Waals surface area contributed by atoms with Crippen LogP contribution in [-0.4, -0.2) is 47.9 Å². The van der Waals surface area contributed by atoms with Crippen molar-refractivity contribution in [3.8, 4) is 6.07 Å². The number of piperazine rings is 1. The van der Waals surface area contributed by atoms with Crippen LogP contribution in [0.2, 0.25) is 0 Å². The summed E-state index contributed by atoms with van der Waals surface area (Å²) in [6, 6.07) is 7.01. The molecule has 0 aliphatic carbocycles. The van der Waals surface area contributed by atoms with E-state index in [4.69, 9.17) is 5.26 Å². The van der Waals surface area contributed by atoms with Gasteiger partial charge in [-0.05, 0) is 13.0 Å². The number of nitriles is 1. The molecular formula is C22H24F3N8O-. The molecule has 2 aliphatic heterocycles. The Morgan fingerprint density at radius 3 is 2.82 bits per heavy atom. The smallest absolute Gasteiger partial charge is 0.266 e. The molecule has 0 saturated carbocycles. The van der Waals surface area contributed by atoms with Gasteiger partial charge in [-0.1, -0.05) is 18.2 Å². The molecular weight excluding hydrogens is 449 g/mol. The van der Waals surface area contributed by atoms with Crippen LogP contribution in [-0.2, 0) is 0 Å². The van der Waals surface area contributed by atoms with Crippen LogP contribution < -0.4 is 36.6 Å². The third-order valence-corrected chi connectivity index (χ3v) is 5.88. The van der Waals surface area contributed by atoms with Gasteiger partial charge < -0.3 is 25.6 Å². The number of anilines is 1. The standard InChI is InChI=1S/C22H25F3N8O/c1-12(14-4-3-5-15(18(14)23)20(24)25)28-21-16-10-17(29-30-19(16)22(34)32(2)31-21)33-9-8-27-13(11-33)6-7-26/h3-5,10,12-13,20,27-28,31,34H,6,8-9,11H2,1-2H3/p-1/t12-,13?/m1/s1. The quantitative estimate of drug-likeness (QED) is 0.513. The minimum absolute atomic E-state index is 0.0193. The van der Waals surface area contributed by atoms with Gasteiger partial charge in [0, 0.05) is 49.4 Å². The first-order chi connectivity index (χ1) is 16.3. The molecule has 0 spiro atoms. The lowest BCUT2D eigenvalue weighted by atomic mass is 10.0. The van der Waals surface area contributed by atoms with Crippen LogP contribution in [0.15, 0.2) is 24.3 Å². The molecule has 2 aromatic rings. The van der Waals surface area contributed by atoms with Gasteiger partial charge >= 0.3 is 0 Å². The summed E-state index contributed by atoms with van der Waals surface area (Å²) in [5, 5.41) is 38.1. The Morgan fingerprint density at radius 2 is 2.09 bits per heavy atom. The van der Waals surface area contributed by atoms with Gasteiger partial charge in [0.25, 0.3) is 6.43 Å². The second kappa shape index (κ2) is 9.64. The number of hydrazine groups is 1. The van der Waals surface area contributed by atoms with Crippen LogP contribution in [0.3, 0.4) is 0 Å². The van der Waals surface area contributed by atoms with Crippen molar-refractivity contribution in [2.24, 2.45) is 0 Å². The molecule has 3 heterocycles. The van der Waals surface area contributed by atoms with Crippen LogP contribution in [0, 0.1) is 17.1 Å².